The number of halogens is 4. The minimum atomic E-state index is -4.44. The summed E-state index contributed by atoms with van der Waals surface area (Å²) in [6.45, 7) is -0.0904. The quantitative estimate of drug-likeness (QED) is 0.405. The van der Waals surface area contributed by atoms with Crippen molar-refractivity contribution in [2.75, 3.05) is 10.6 Å². The molecular formula is C19H14ClF3N6. The Balaban J connectivity index is 1.53. The molecule has 0 saturated heterocycles. The van der Waals surface area contributed by atoms with Crippen LogP contribution in [0.3, 0.4) is 0 Å². The van der Waals surface area contributed by atoms with Crippen LogP contribution in [-0.2, 0) is 12.7 Å². The van der Waals surface area contributed by atoms with Crippen molar-refractivity contribution in [1.82, 2.24) is 20.2 Å². The van der Waals surface area contributed by atoms with Crippen LogP contribution in [0.5, 0.6) is 0 Å². The Bertz CT molecular complexity index is 1160. The normalized spacial score (nSPS) is 11.6. The lowest BCUT2D eigenvalue weighted by Crippen LogP contribution is -2.12. The number of rotatable bonds is 5. The van der Waals surface area contributed by atoms with Crippen molar-refractivity contribution in [1.29, 1.82) is 0 Å². The fourth-order valence-corrected chi connectivity index (χ4v) is 2.99. The second kappa shape index (κ2) is 7.59. The van der Waals surface area contributed by atoms with E-state index in [4.69, 9.17) is 11.6 Å². The van der Waals surface area contributed by atoms with Crippen LogP contribution < -0.4 is 10.6 Å². The van der Waals surface area contributed by atoms with Crippen LogP contribution in [0.1, 0.15) is 11.1 Å². The summed E-state index contributed by atoms with van der Waals surface area (Å²) in [4.78, 5) is 8.39. The van der Waals surface area contributed by atoms with E-state index in [0.29, 0.717) is 0 Å². The third-order valence-corrected chi connectivity index (χ3v) is 4.49. The van der Waals surface area contributed by atoms with E-state index >= 15 is 0 Å². The van der Waals surface area contributed by atoms with Crippen LogP contribution >= 0.6 is 11.6 Å². The van der Waals surface area contributed by atoms with Gasteiger partial charge in [0.05, 0.1) is 23.5 Å². The van der Waals surface area contributed by atoms with Crippen molar-refractivity contribution in [3.63, 3.8) is 0 Å². The molecule has 0 fully saturated rings. The number of H-pyrrole nitrogens is 1. The van der Waals surface area contributed by atoms with Gasteiger partial charge in [-0.05, 0) is 29.8 Å². The minimum Gasteiger partial charge on any atom is -0.365 e. The molecule has 0 bridgehead atoms. The highest BCUT2D eigenvalue weighted by Gasteiger charge is 2.32. The number of hydrogen-bond acceptors (Lipinski definition) is 5. The Morgan fingerprint density at radius 3 is 2.72 bits per heavy atom. The first-order valence-corrected chi connectivity index (χ1v) is 8.89. The first kappa shape index (κ1) is 19.0. The zero-order chi connectivity index (χ0) is 20.4. The van der Waals surface area contributed by atoms with Gasteiger partial charge < -0.3 is 10.6 Å². The van der Waals surface area contributed by atoms with Crippen molar-refractivity contribution in [2.45, 2.75) is 12.7 Å². The van der Waals surface area contributed by atoms with E-state index in [-0.39, 0.29) is 28.9 Å². The zero-order valence-corrected chi connectivity index (χ0v) is 15.5. The highest BCUT2D eigenvalue weighted by Crippen LogP contribution is 2.32. The lowest BCUT2D eigenvalue weighted by molar-refractivity contribution is -0.138. The van der Waals surface area contributed by atoms with Crippen molar-refractivity contribution in [3.8, 4) is 0 Å². The predicted octanol–water partition coefficient (Wildman–Crippen LogP) is 5.38. The molecule has 0 aliphatic rings. The molecule has 4 rings (SSSR count). The predicted molar refractivity (Wildman–Crippen MR) is 105 cm³/mol. The number of alkyl halides is 3. The number of anilines is 3. The molecule has 10 heteroatoms. The van der Waals surface area contributed by atoms with Gasteiger partial charge in [-0.25, -0.2) is 4.98 Å². The van der Waals surface area contributed by atoms with Gasteiger partial charge in [0.2, 0.25) is 5.95 Å². The van der Waals surface area contributed by atoms with Gasteiger partial charge in [0.25, 0.3) is 0 Å². The Hall–Kier alpha value is -3.33. The lowest BCUT2D eigenvalue weighted by Gasteiger charge is -2.14. The van der Waals surface area contributed by atoms with Crippen molar-refractivity contribution >= 4 is 40.0 Å². The molecule has 3 N–H and O–H groups in total. The van der Waals surface area contributed by atoms with E-state index in [9.17, 15) is 13.2 Å². The zero-order valence-electron chi connectivity index (χ0n) is 14.8. The molecule has 0 saturated carbocycles. The second-order valence-electron chi connectivity index (χ2n) is 6.20. The molecule has 0 radical (unpaired) electrons. The number of nitrogens with zero attached hydrogens (tertiary/aromatic N) is 3. The van der Waals surface area contributed by atoms with Gasteiger partial charge in [-0.3, -0.25) is 5.10 Å². The van der Waals surface area contributed by atoms with E-state index in [1.54, 1.807) is 12.3 Å². The first-order valence-electron chi connectivity index (χ1n) is 8.52. The van der Waals surface area contributed by atoms with E-state index < -0.39 is 11.7 Å². The van der Waals surface area contributed by atoms with Gasteiger partial charge in [0, 0.05) is 17.6 Å². The largest absolute Gasteiger partial charge is 0.416 e. The molecule has 0 spiro atoms. The summed E-state index contributed by atoms with van der Waals surface area (Å²) in [5.41, 5.74) is 1.01. The molecule has 6 nitrogen and oxygen atoms in total. The van der Waals surface area contributed by atoms with Crippen molar-refractivity contribution in [2.24, 2.45) is 0 Å². The third-order valence-electron chi connectivity index (χ3n) is 4.21. The number of fused-ring (bicyclic) bond motifs is 1. The molecule has 0 aliphatic carbocycles. The van der Waals surface area contributed by atoms with E-state index in [1.165, 1.54) is 18.3 Å². The Morgan fingerprint density at radius 2 is 1.90 bits per heavy atom. The fourth-order valence-electron chi connectivity index (χ4n) is 2.83. The molecule has 29 heavy (non-hydrogen) atoms. The number of aromatic amines is 1. The molecular weight excluding hydrogens is 405 g/mol. The average Bonchev–Trinajstić information content (AvgIpc) is 3.16. The van der Waals surface area contributed by atoms with Crippen LogP contribution in [-0.4, -0.2) is 20.2 Å². The number of aromatic nitrogens is 4. The summed E-state index contributed by atoms with van der Waals surface area (Å²) < 4.78 is 39.5. The Labute approximate surface area is 168 Å². The molecule has 0 aliphatic heterocycles. The minimum absolute atomic E-state index is 0.0904. The summed E-state index contributed by atoms with van der Waals surface area (Å²) >= 11 is 6.11. The average molecular weight is 419 g/mol. The second-order valence-corrected chi connectivity index (χ2v) is 6.60. The molecule has 2 heterocycles. The van der Waals surface area contributed by atoms with Crippen LogP contribution in [0.15, 0.2) is 54.9 Å². The monoisotopic (exact) mass is 418 g/mol. The molecule has 4 aromatic rings. The topological polar surface area (TPSA) is 78.5 Å². The molecule has 148 valence electrons. The summed E-state index contributed by atoms with van der Waals surface area (Å²) in [5.74, 6) is 0.481. The maximum Gasteiger partial charge on any atom is 0.416 e. The molecule has 0 unspecified atom stereocenters. The van der Waals surface area contributed by atoms with Crippen LogP contribution in [0.4, 0.5) is 30.6 Å². The number of nitrogens with one attached hydrogen (secondary N) is 3. The van der Waals surface area contributed by atoms with Gasteiger partial charge in [0.15, 0.2) is 5.82 Å². The Morgan fingerprint density at radius 1 is 1.07 bits per heavy atom. The van der Waals surface area contributed by atoms with Gasteiger partial charge in [-0.2, -0.15) is 23.3 Å². The van der Waals surface area contributed by atoms with Crippen LogP contribution in [0, 0.1) is 0 Å². The summed E-state index contributed by atoms with van der Waals surface area (Å²) in [6.07, 6.45) is -1.37. The number of benzene rings is 2. The fraction of sp³-hybridized carbons (Fsp3) is 0.105. The highest BCUT2D eigenvalue weighted by atomic mass is 35.5. The molecule has 0 amide bonds. The lowest BCUT2D eigenvalue weighted by atomic mass is 10.1. The first-order chi connectivity index (χ1) is 13.9. The van der Waals surface area contributed by atoms with Gasteiger partial charge in [-0.15, -0.1) is 0 Å². The SMILES string of the molecule is FC(F)(F)c1ccccc1CNc1nc(Nc2ccc3[nH]ncc3c2)ncc1Cl. The van der Waals surface area contributed by atoms with Crippen molar-refractivity contribution in [3.05, 3.63) is 71.0 Å². The van der Waals surface area contributed by atoms with E-state index in [2.05, 4.69) is 30.8 Å². The van der Waals surface area contributed by atoms with Gasteiger partial charge in [-0.1, -0.05) is 29.8 Å². The third kappa shape index (κ3) is 4.24. The summed E-state index contributed by atoms with van der Waals surface area (Å²) in [7, 11) is 0. The van der Waals surface area contributed by atoms with Crippen LogP contribution in [0.2, 0.25) is 5.02 Å². The highest BCUT2D eigenvalue weighted by molar-refractivity contribution is 6.32. The molecule has 2 aromatic heterocycles. The smallest absolute Gasteiger partial charge is 0.365 e. The van der Waals surface area contributed by atoms with Crippen molar-refractivity contribution < 1.29 is 13.2 Å². The van der Waals surface area contributed by atoms with Gasteiger partial charge in [0.1, 0.15) is 5.02 Å². The molecule has 2 aromatic carbocycles. The summed E-state index contributed by atoms with van der Waals surface area (Å²) in [6, 6.07) is 10.9. The standard InChI is InChI=1S/C19H14ClF3N6/c20-15-10-25-18(27-13-5-6-16-12(7-13)9-26-29-16)28-17(15)24-8-11-3-1-2-4-14(11)19(21,22)23/h1-7,9-10H,8H2,(H,26,29)(H2,24,25,27,28). The number of hydrogen-bond donors (Lipinski definition) is 3. The molecule has 0 atom stereocenters. The van der Waals surface area contributed by atoms with E-state index in [1.807, 2.05) is 18.2 Å². The Kier molecular flexibility index (Phi) is 4.98. The van der Waals surface area contributed by atoms with Gasteiger partial charge >= 0.3 is 6.18 Å². The van der Waals surface area contributed by atoms with Crippen LogP contribution in [0.25, 0.3) is 10.9 Å². The summed E-state index contributed by atoms with van der Waals surface area (Å²) in [5, 5.41) is 13.8. The maximum absolute atomic E-state index is 13.2. The maximum atomic E-state index is 13.2. The van der Waals surface area contributed by atoms with E-state index in [0.717, 1.165) is 22.7 Å².